The van der Waals surface area contributed by atoms with E-state index in [1.165, 1.54) is 6.42 Å². The van der Waals surface area contributed by atoms with E-state index in [4.69, 9.17) is 0 Å². The highest BCUT2D eigenvalue weighted by Crippen LogP contribution is 2.39. The molecule has 0 aliphatic heterocycles. The summed E-state index contributed by atoms with van der Waals surface area (Å²) in [5.41, 5.74) is 0. The second-order valence-corrected chi connectivity index (χ2v) is 3.73. The maximum absolute atomic E-state index is 9.63. The molecule has 58 valence electrons. The Morgan fingerprint density at radius 2 is 2.20 bits per heavy atom. The van der Waals surface area contributed by atoms with E-state index >= 15 is 0 Å². The van der Waals surface area contributed by atoms with Crippen LogP contribution in [-0.2, 0) is 0 Å². The Hall–Kier alpha value is 0.0249. The first-order chi connectivity index (χ1) is 4.66. The van der Waals surface area contributed by atoms with Crippen molar-refractivity contribution in [2.24, 2.45) is 11.8 Å². The summed E-state index contributed by atoms with van der Waals surface area (Å²) in [5, 5.41) is 9.63. The minimum absolute atomic E-state index is 0.0278. The second kappa shape index (κ2) is 2.95. The molecule has 0 spiro atoms. The number of aliphatic hydroxyl groups excluding tert-OH is 1. The van der Waals surface area contributed by atoms with Crippen molar-refractivity contribution in [2.45, 2.75) is 38.6 Å². The molecule has 2 heteroatoms. The van der Waals surface area contributed by atoms with Gasteiger partial charge in [-0.15, -0.1) is 0 Å². The second-order valence-electron chi connectivity index (χ2n) is 3.73. The summed E-state index contributed by atoms with van der Waals surface area (Å²) in [5.74, 6) is 1.81. The van der Waals surface area contributed by atoms with Crippen molar-refractivity contribution in [1.82, 2.24) is 0 Å². The lowest BCUT2D eigenvalue weighted by molar-refractivity contribution is 0.0963. The van der Waals surface area contributed by atoms with Gasteiger partial charge in [0.25, 0.3) is 0 Å². The van der Waals surface area contributed by atoms with Gasteiger partial charge in [-0.2, -0.15) is 0 Å². The van der Waals surface area contributed by atoms with Crippen LogP contribution in [0.4, 0.5) is 0 Å². The molecule has 4 atom stereocenters. The van der Waals surface area contributed by atoms with E-state index in [0.29, 0.717) is 11.8 Å². The van der Waals surface area contributed by atoms with Crippen molar-refractivity contribution in [3.05, 3.63) is 0 Å². The molecule has 0 aromatic carbocycles. The largest absolute Gasteiger partial charge is 0.393 e. The lowest BCUT2D eigenvalue weighted by Gasteiger charge is -2.15. The van der Waals surface area contributed by atoms with Gasteiger partial charge in [-0.25, -0.2) is 0 Å². The predicted octanol–water partition coefficient (Wildman–Crippen LogP) is 0.835. The van der Waals surface area contributed by atoms with E-state index in [-0.39, 0.29) is 6.10 Å². The predicted molar refractivity (Wildman–Crippen MR) is 45.9 cm³/mol. The third-order valence-corrected chi connectivity index (χ3v) is 3.12. The zero-order chi connectivity index (χ0) is 7.72. The van der Waals surface area contributed by atoms with Crippen LogP contribution in [0.1, 0.15) is 26.7 Å². The molecule has 0 heterocycles. The topological polar surface area (TPSA) is 20.2 Å². The summed E-state index contributed by atoms with van der Waals surface area (Å²) >= 11 is 0. The van der Waals surface area contributed by atoms with Crippen molar-refractivity contribution in [3.8, 4) is 0 Å². The van der Waals surface area contributed by atoms with Gasteiger partial charge in [-0.05, 0) is 11.8 Å². The zero-order valence-electron chi connectivity index (χ0n) is 7.17. The summed E-state index contributed by atoms with van der Waals surface area (Å²) in [6.45, 7) is 4.32. The number of aliphatic hydroxyl groups is 1. The fraction of sp³-hybridized carbons (Fsp3) is 1.00. The Kier molecular flexibility index (Phi) is 2.40. The number of hydrogen-bond donors (Lipinski definition) is 1. The molecule has 0 bridgehead atoms. The molecule has 1 fully saturated rings. The minimum Gasteiger partial charge on any atom is -0.393 e. The highest BCUT2D eigenvalue weighted by atomic mass is 16.3. The first kappa shape index (κ1) is 8.12. The number of rotatable bonds is 1. The SMILES string of the molecule is B[C@@H]1C[C@H](CC)C(O)[C@@H]1C. The van der Waals surface area contributed by atoms with Gasteiger partial charge in [0, 0.05) is 0 Å². The fourth-order valence-corrected chi connectivity index (χ4v) is 2.01. The van der Waals surface area contributed by atoms with Gasteiger partial charge in [0.2, 0.25) is 0 Å². The molecule has 1 aliphatic carbocycles. The van der Waals surface area contributed by atoms with Crippen LogP contribution in [0.3, 0.4) is 0 Å². The molecule has 0 aromatic rings. The van der Waals surface area contributed by atoms with Crippen LogP contribution in [0.15, 0.2) is 0 Å². The Morgan fingerprint density at radius 1 is 1.60 bits per heavy atom. The van der Waals surface area contributed by atoms with E-state index in [1.54, 1.807) is 0 Å². The average molecular weight is 140 g/mol. The molecule has 1 rings (SSSR count). The summed E-state index contributed by atoms with van der Waals surface area (Å²) in [6, 6.07) is 0. The van der Waals surface area contributed by atoms with Crippen LogP contribution in [-0.4, -0.2) is 19.1 Å². The summed E-state index contributed by atoms with van der Waals surface area (Å²) in [6.07, 6.45) is 2.33. The highest BCUT2D eigenvalue weighted by molar-refractivity contribution is 6.12. The third kappa shape index (κ3) is 1.22. The monoisotopic (exact) mass is 140 g/mol. The van der Waals surface area contributed by atoms with Crippen molar-refractivity contribution in [1.29, 1.82) is 0 Å². The molecular formula is C8H17BO. The van der Waals surface area contributed by atoms with Gasteiger partial charge in [-0.1, -0.05) is 32.5 Å². The molecule has 1 nitrogen and oxygen atoms in total. The number of hydrogen-bond acceptors (Lipinski definition) is 1. The summed E-state index contributed by atoms with van der Waals surface area (Å²) < 4.78 is 0. The Morgan fingerprint density at radius 3 is 2.40 bits per heavy atom. The van der Waals surface area contributed by atoms with Crippen LogP contribution in [0.5, 0.6) is 0 Å². The molecule has 1 N–H and O–H groups in total. The highest BCUT2D eigenvalue weighted by Gasteiger charge is 2.35. The van der Waals surface area contributed by atoms with E-state index in [9.17, 15) is 5.11 Å². The molecule has 0 aromatic heterocycles. The van der Waals surface area contributed by atoms with Crippen LogP contribution < -0.4 is 0 Å². The van der Waals surface area contributed by atoms with Gasteiger partial charge in [0.1, 0.15) is 7.85 Å². The Labute approximate surface area is 64.2 Å². The fourth-order valence-electron chi connectivity index (χ4n) is 2.01. The smallest absolute Gasteiger partial charge is 0.105 e. The van der Waals surface area contributed by atoms with Crippen molar-refractivity contribution < 1.29 is 5.11 Å². The first-order valence-electron chi connectivity index (χ1n) is 4.34. The van der Waals surface area contributed by atoms with Crippen molar-refractivity contribution in [2.75, 3.05) is 0 Å². The van der Waals surface area contributed by atoms with Gasteiger partial charge < -0.3 is 5.11 Å². The molecule has 10 heavy (non-hydrogen) atoms. The molecule has 0 radical (unpaired) electrons. The van der Waals surface area contributed by atoms with Gasteiger partial charge in [0.15, 0.2) is 0 Å². The zero-order valence-corrected chi connectivity index (χ0v) is 7.17. The van der Waals surface area contributed by atoms with Gasteiger partial charge in [-0.3, -0.25) is 0 Å². The Balaban J connectivity index is 2.53. The quantitative estimate of drug-likeness (QED) is 0.535. The minimum atomic E-state index is -0.0278. The summed E-state index contributed by atoms with van der Waals surface area (Å²) in [7, 11) is 2.24. The standard InChI is InChI=1S/C8H17BO/c1-3-6-4-7(9)5(2)8(6)10/h5-8,10H,3-4,9H2,1-2H3/t5-,6+,7-,8?/m1/s1. The first-order valence-corrected chi connectivity index (χ1v) is 4.34. The third-order valence-electron chi connectivity index (χ3n) is 3.12. The van der Waals surface area contributed by atoms with E-state index < -0.39 is 0 Å². The molecular weight excluding hydrogens is 123 g/mol. The Bertz CT molecular complexity index is 116. The van der Waals surface area contributed by atoms with Crippen LogP contribution in [0.2, 0.25) is 5.82 Å². The molecule has 1 unspecified atom stereocenters. The van der Waals surface area contributed by atoms with Crippen LogP contribution >= 0.6 is 0 Å². The lowest BCUT2D eigenvalue weighted by Crippen LogP contribution is -2.18. The van der Waals surface area contributed by atoms with Gasteiger partial charge in [0.05, 0.1) is 6.10 Å². The molecule has 1 aliphatic rings. The molecule has 0 amide bonds. The van der Waals surface area contributed by atoms with E-state index in [0.717, 1.165) is 12.2 Å². The maximum Gasteiger partial charge on any atom is 0.105 e. The normalized spacial score (nSPS) is 47.9. The van der Waals surface area contributed by atoms with Gasteiger partial charge >= 0.3 is 0 Å². The average Bonchev–Trinajstić information content (AvgIpc) is 2.17. The molecule has 0 saturated heterocycles. The van der Waals surface area contributed by atoms with Crippen molar-refractivity contribution in [3.63, 3.8) is 0 Å². The van der Waals surface area contributed by atoms with Crippen LogP contribution in [0.25, 0.3) is 0 Å². The van der Waals surface area contributed by atoms with Crippen LogP contribution in [0, 0.1) is 11.8 Å². The lowest BCUT2D eigenvalue weighted by atomic mass is 9.79. The molecule has 1 saturated carbocycles. The van der Waals surface area contributed by atoms with E-state index in [1.807, 2.05) is 0 Å². The maximum atomic E-state index is 9.63. The van der Waals surface area contributed by atoms with E-state index in [2.05, 4.69) is 21.7 Å². The summed E-state index contributed by atoms with van der Waals surface area (Å²) in [4.78, 5) is 0. The van der Waals surface area contributed by atoms with Crippen molar-refractivity contribution >= 4 is 7.85 Å².